The maximum atomic E-state index is 10.6. The van der Waals surface area contributed by atoms with Gasteiger partial charge in [-0.25, -0.2) is 4.79 Å². The number of amides is 2. The predicted octanol–water partition coefficient (Wildman–Crippen LogP) is 1.96. The molecule has 92 valence electrons. The summed E-state index contributed by atoms with van der Waals surface area (Å²) in [5, 5.41) is 12.6. The number of carbonyl (C=O) groups excluding carboxylic acids is 1. The fourth-order valence-electron chi connectivity index (χ4n) is 1.66. The molecule has 0 saturated carbocycles. The summed E-state index contributed by atoms with van der Waals surface area (Å²) in [6.45, 7) is 4.05. The van der Waals surface area contributed by atoms with Crippen LogP contribution in [0.2, 0.25) is 0 Å². The Bertz CT molecular complexity index is 429. The number of hydrogen-bond acceptors (Lipinski definition) is 2. The van der Waals surface area contributed by atoms with Crippen molar-refractivity contribution < 1.29 is 4.79 Å². The van der Waals surface area contributed by atoms with Crippen LogP contribution >= 0.6 is 0 Å². The molecule has 0 aliphatic rings. The smallest absolute Gasteiger partial charge is 0.318 e. The van der Waals surface area contributed by atoms with E-state index in [0.29, 0.717) is 0 Å². The number of aryl methyl sites for hydroxylation is 2. The van der Waals surface area contributed by atoms with E-state index >= 15 is 0 Å². The summed E-state index contributed by atoms with van der Waals surface area (Å²) in [6.07, 6.45) is 1.95. The second kappa shape index (κ2) is 5.89. The maximum absolute atomic E-state index is 10.6. The van der Waals surface area contributed by atoms with E-state index in [0.717, 1.165) is 29.7 Å². The number of rotatable bonds is 3. The van der Waals surface area contributed by atoms with Crippen LogP contribution in [0.4, 0.5) is 10.5 Å². The lowest BCUT2D eigenvalue weighted by molar-refractivity contribution is 0.253. The standard InChI is InChI=1S/C12H18N4O/c1-3-5-9-7-4-6-8(2)10(9)15-11(13)16-12(14)17/h4,6-7H,3,5H2,1-2H3,(H5,13,14,15,16,17). The molecule has 0 aliphatic carbocycles. The lowest BCUT2D eigenvalue weighted by Crippen LogP contribution is -2.39. The minimum absolute atomic E-state index is 0.107. The Hall–Kier alpha value is -2.04. The Morgan fingerprint density at radius 3 is 2.76 bits per heavy atom. The van der Waals surface area contributed by atoms with Crippen molar-refractivity contribution in [1.82, 2.24) is 5.32 Å². The molecule has 0 saturated heterocycles. The van der Waals surface area contributed by atoms with Gasteiger partial charge in [0.25, 0.3) is 0 Å². The molecule has 0 aromatic heterocycles. The zero-order valence-electron chi connectivity index (χ0n) is 10.1. The second-order valence-corrected chi connectivity index (χ2v) is 3.85. The third kappa shape index (κ3) is 3.79. The van der Waals surface area contributed by atoms with Crippen LogP contribution in [0.5, 0.6) is 0 Å². The van der Waals surface area contributed by atoms with Crippen LogP contribution in [-0.2, 0) is 6.42 Å². The summed E-state index contributed by atoms with van der Waals surface area (Å²) < 4.78 is 0. The summed E-state index contributed by atoms with van der Waals surface area (Å²) in [6, 6.07) is 5.21. The Morgan fingerprint density at radius 1 is 1.47 bits per heavy atom. The fraction of sp³-hybridized carbons (Fsp3) is 0.333. The van der Waals surface area contributed by atoms with Gasteiger partial charge in [-0.15, -0.1) is 0 Å². The Morgan fingerprint density at radius 2 is 2.18 bits per heavy atom. The highest BCUT2D eigenvalue weighted by molar-refractivity contribution is 6.02. The van der Waals surface area contributed by atoms with E-state index in [4.69, 9.17) is 11.1 Å². The number of benzene rings is 1. The van der Waals surface area contributed by atoms with E-state index in [1.165, 1.54) is 0 Å². The van der Waals surface area contributed by atoms with Gasteiger partial charge in [0.1, 0.15) is 0 Å². The Labute approximate surface area is 101 Å². The van der Waals surface area contributed by atoms with Crippen molar-refractivity contribution in [2.24, 2.45) is 5.73 Å². The molecule has 5 nitrogen and oxygen atoms in total. The number of para-hydroxylation sites is 1. The minimum Gasteiger partial charge on any atom is -0.351 e. The second-order valence-electron chi connectivity index (χ2n) is 3.85. The summed E-state index contributed by atoms with van der Waals surface area (Å²) >= 11 is 0. The largest absolute Gasteiger partial charge is 0.351 e. The molecule has 0 spiro atoms. The number of anilines is 1. The van der Waals surface area contributed by atoms with Gasteiger partial charge < -0.3 is 11.1 Å². The molecule has 1 rings (SSSR count). The topological polar surface area (TPSA) is 91.0 Å². The summed E-state index contributed by atoms with van der Waals surface area (Å²) in [7, 11) is 0. The van der Waals surface area contributed by atoms with Gasteiger partial charge >= 0.3 is 6.03 Å². The number of nitrogens with two attached hydrogens (primary N) is 1. The zero-order chi connectivity index (χ0) is 12.8. The number of guanidine groups is 1. The van der Waals surface area contributed by atoms with Crippen LogP contribution in [-0.4, -0.2) is 12.0 Å². The molecule has 1 aromatic carbocycles. The summed E-state index contributed by atoms with van der Waals surface area (Å²) in [5.41, 5.74) is 7.98. The lowest BCUT2D eigenvalue weighted by Gasteiger charge is -2.14. The first-order valence-electron chi connectivity index (χ1n) is 5.55. The van der Waals surface area contributed by atoms with Crippen LogP contribution in [0.25, 0.3) is 0 Å². The van der Waals surface area contributed by atoms with Crippen LogP contribution < -0.4 is 16.4 Å². The Balaban J connectivity index is 2.88. The number of hydrogen-bond donors (Lipinski definition) is 4. The minimum atomic E-state index is -0.742. The van der Waals surface area contributed by atoms with Crippen molar-refractivity contribution in [2.75, 3.05) is 5.32 Å². The zero-order valence-corrected chi connectivity index (χ0v) is 10.1. The van der Waals surface area contributed by atoms with Gasteiger partial charge in [-0.3, -0.25) is 10.7 Å². The highest BCUT2D eigenvalue weighted by Gasteiger charge is 2.07. The molecule has 0 atom stereocenters. The highest BCUT2D eigenvalue weighted by atomic mass is 16.2. The molecule has 0 heterocycles. The molecule has 5 N–H and O–H groups in total. The summed E-state index contributed by atoms with van der Waals surface area (Å²) in [5.74, 6) is -0.107. The van der Waals surface area contributed by atoms with E-state index in [9.17, 15) is 4.79 Å². The van der Waals surface area contributed by atoms with Gasteiger partial charge in [-0.1, -0.05) is 31.5 Å². The number of urea groups is 1. The van der Waals surface area contributed by atoms with Gasteiger partial charge in [-0.05, 0) is 24.5 Å². The SMILES string of the molecule is CCCc1cccc(C)c1NC(=N)NC(N)=O. The third-order valence-corrected chi connectivity index (χ3v) is 2.38. The molecule has 5 heteroatoms. The van der Waals surface area contributed by atoms with E-state index in [1.54, 1.807) is 0 Å². The molecule has 0 fully saturated rings. The highest BCUT2D eigenvalue weighted by Crippen LogP contribution is 2.21. The quantitative estimate of drug-likeness (QED) is 0.475. The molecule has 2 amide bonds. The monoisotopic (exact) mass is 234 g/mol. The van der Waals surface area contributed by atoms with Gasteiger partial charge in [0.2, 0.25) is 5.96 Å². The summed E-state index contributed by atoms with van der Waals surface area (Å²) in [4.78, 5) is 10.6. The van der Waals surface area contributed by atoms with Crippen LogP contribution in [0, 0.1) is 12.3 Å². The molecule has 0 bridgehead atoms. The lowest BCUT2D eigenvalue weighted by atomic mass is 10.0. The molecule has 17 heavy (non-hydrogen) atoms. The number of nitrogens with one attached hydrogen (secondary N) is 3. The third-order valence-electron chi connectivity index (χ3n) is 2.38. The number of carbonyl (C=O) groups is 1. The van der Waals surface area contributed by atoms with Crippen LogP contribution in [0.1, 0.15) is 24.5 Å². The number of primary amides is 1. The predicted molar refractivity (Wildman–Crippen MR) is 69.2 cm³/mol. The van der Waals surface area contributed by atoms with Crippen molar-refractivity contribution >= 4 is 17.7 Å². The van der Waals surface area contributed by atoms with Crippen LogP contribution in [0.3, 0.4) is 0 Å². The average Bonchev–Trinajstić information content (AvgIpc) is 2.22. The van der Waals surface area contributed by atoms with Gasteiger partial charge in [0.15, 0.2) is 0 Å². The van der Waals surface area contributed by atoms with Crippen molar-refractivity contribution in [2.45, 2.75) is 26.7 Å². The van der Waals surface area contributed by atoms with E-state index in [-0.39, 0.29) is 5.96 Å². The van der Waals surface area contributed by atoms with Gasteiger partial charge in [-0.2, -0.15) is 0 Å². The van der Waals surface area contributed by atoms with Gasteiger partial charge in [0, 0.05) is 5.69 Å². The van der Waals surface area contributed by atoms with Crippen molar-refractivity contribution in [3.63, 3.8) is 0 Å². The Kier molecular flexibility index (Phi) is 4.51. The molecule has 0 unspecified atom stereocenters. The van der Waals surface area contributed by atoms with Crippen molar-refractivity contribution in [1.29, 1.82) is 5.41 Å². The average molecular weight is 234 g/mol. The van der Waals surface area contributed by atoms with Gasteiger partial charge in [0.05, 0.1) is 0 Å². The first-order valence-corrected chi connectivity index (χ1v) is 5.55. The van der Waals surface area contributed by atoms with Crippen molar-refractivity contribution in [3.05, 3.63) is 29.3 Å². The first-order chi connectivity index (χ1) is 8.04. The molecule has 1 aromatic rings. The molecule has 0 aliphatic heterocycles. The van der Waals surface area contributed by atoms with E-state index in [1.807, 2.05) is 25.1 Å². The van der Waals surface area contributed by atoms with E-state index in [2.05, 4.69) is 17.6 Å². The molecule has 0 radical (unpaired) electrons. The molecular weight excluding hydrogens is 216 g/mol. The maximum Gasteiger partial charge on any atom is 0.318 e. The van der Waals surface area contributed by atoms with E-state index < -0.39 is 6.03 Å². The van der Waals surface area contributed by atoms with Crippen molar-refractivity contribution in [3.8, 4) is 0 Å². The normalized spacial score (nSPS) is 9.76. The van der Waals surface area contributed by atoms with Crippen LogP contribution in [0.15, 0.2) is 18.2 Å². The first kappa shape index (κ1) is 13.0. The fourth-order valence-corrected chi connectivity index (χ4v) is 1.66. The molecular formula is C12H18N4O.